The molecule has 0 atom stereocenters. The lowest BCUT2D eigenvalue weighted by Crippen LogP contribution is -2.16. The Morgan fingerprint density at radius 1 is 1.19 bits per heavy atom. The summed E-state index contributed by atoms with van der Waals surface area (Å²) < 4.78 is 1.61. The molecule has 1 amide bonds. The fourth-order valence-electron chi connectivity index (χ4n) is 2.32. The molecule has 0 fully saturated rings. The smallest absolute Gasteiger partial charge is 0.230 e. The third-order valence-corrected chi connectivity index (χ3v) is 4.20. The molecule has 0 spiro atoms. The van der Waals surface area contributed by atoms with Crippen LogP contribution >= 0.6 is 11.3 Å². The van der Waals surface area contributed by atoms with Crippen molar-refractivity contribution in [2.24, 2.45) is 0 Å². The maximum absolute atomic E-state index is 12.3. The van der Waals surface area contributed by atoms with Crippen LogP contribution in [0.2, 0.25) is 0 Å². The van der Waals surface area contributed by atoms with Crippen LogP contribution in [0.15, 0.2) is 60.6 Å². The molecular weight excluding hydrogens is 350 g/mol. The molecule has 0 aliphatic rings. The molecule has 4 aromatic heterocycles. The first-order valence-electron chi connectivity index (χ1n) is 7.76. The standard InChI is InChI=1S/C17H13N7OS/c25-15(9-12-3-1-4-18-11-12)21-13-10-14(24-7-2-5-20-24)23-16(22-13)17-19-6-8-26-17/h1-8,10-11H,9H2,(H,21,22,23,25). The first-order chi connectivity index (χ1) is 12.8. The van der Waals surface area contributed by atoms with Gasteiger partial charge < -0.3 is 5.32 Å². The Hall–Kier alpha value is -3.46. The van der Waals surface area contributed by atoms with Crippen LogP contribution in [-0.4, -0.2) is 35.6 Å². The summed E-state index contributed by atoms with van der Waals surface area (Å²) in [7, 11) is 0. The topological polar surface area (TPSA) is 98.5 Å². The zero-order valence-electron chi connectivity index (χ0n) is 13.5. The van der Waals surface area contributed by atoms with Crippen LogP contribution in [0.3, 0.4) is 0 Å². The number of aromatic nitrogens is 6. The lowest BCUT2D eigenvalue weighted by Gasteiger charge is -2.08. The van der Waals surface area contributed by atoms with Crippen LogP contribution in [0, 0.1) is 0 Å². The minimum absolute atomic E-state index is 0.187. The second-order valence-electron chi connectivity index (χ2n) is 5.31. The molecule has 8 nitrogen and oxygen atoms in total. The van der Waals surface area contributed by atoms with Crippen molar-refractivity contribution in [3.8, 4) is 16.6 Å². The van der Waals surface area contributed by atoms with E-state index in [4.69, 9.17) is 0 Å². The molecule has 0 unspecified atom stereocenters. The molecule has 0 saturated heterocycles. The average Bonchev–Trinajstić information content (AvgIpc) is 3.36. The Bertz CT molecular complexity index is 949. The third-order valence-electron chi connectivity index (χ3n) is 3.43. The van der Waals surface area contributed by atoms with E-state index >= 15 is 0 Å². The van der Waals surface area contributed by atoms with E-state index in [1.807, 2.05) is 11.4 Å². The van der Waals surface area contributed by atoms with Crippen molar-refractivity contribution in [3.63, 3.8) is 0 Å². The van der Waals surface area contributed by atoms with Gasteiger partial charge >= 0.3 is 0 Å². The summed E-state index contributed by atoms with van der Waals surface area (Å²) in [6.45, 7) is 0. The van der Waals surface area contributed by atoms with Crippen LogP contribution < -0.4 is 5.32 Å². The Labute approximate surface area is 152 Å². The van der Waals surface area contributed by atoms with Gasteiger partial charge in [-0.15, -0.1) is 11.3 Å². The van der Waals surface area contributed by atoms with Crippen LogP contribution in [0.25, 0.3) is 16.6 Å². The van der Waals surface area contributed by atoms with E-state index in [0.717, 1.165) is 5.56 Å². The quantitative estimate of drug-likeness (QED) is 0.584. The van der Waals surface area contributed by atoms with Crippen LogP contribution in [0.1, 0.15) is 5.56 Å². The van der Waals surface area contributed by atoms with Crippen molar-refractivity contribution in [3.05, 3.63) is 66.2 Å². The highest BCUT2D eigenvalue weighted by Gasteiger charge is 2.13. The van der Waals surface area contributed by atoms with Crippen molar-refractivity contribution in [2.75, 3.05) is 5.32 Å². The zero-order chi connectivity index (χ0) is 17.8. The molecule has 4 aromatic rings. The number of amides is 1. The fraction of sp³-hybridized carbons (Fsp3) is 0.0588. The molecule has 0 aliphatic heterocycles. The number of carbonyl (C=O) groups is 1. The summed E-state index contributed by atoms with van der Waals surface area (Å²) in [4.78, 5) is 29.5. The first kappa shape index (κ1) is 16.0. The van der Waals surface area contributed by atoms with E-state index in [2.05, 4.69) is 30.4 Å². The summed E-state index contributed by atoms with van der Waals surface area (Å²) >= 11 is 1.43. The lowest BCUT2D eigenvalue weighted by molar-refractivity contribution is -0.115. The molecule has 0 radical (unpaired) electrons. The number of anilines is 1. The Balaban J connectivity index is 1.63. The summed E-state index contributed by atoms with van der Waals surface area (Å²) in [5, 5.41) is 9.51. The van der Waals surface area contributed by atoms with Crippen LogP contribution in [-0.2, 0) is 11.2 Å². The normalized spacial score (nSPS) is 10.6. The molecule has 128 valence electrons. The Morgan fingerprint density at radius 3 is 2.88 bits per heavy atom. The molecule has 4 rings (SSSR count). The number of carbonyl (C=O) groups excluding carboxylic acids is 1. The van der Waals surface area contributed by atoms with Gasteiger partial charge in [-0.2, -0.15) is 5.10 Å². The van der Waals surface area contributed by atoms with E-state index < -0.39 is 0 Å². The molecule has 0 aromatic carbocycles. The van der Waals surface area contributed by atoms with Crippen LogP contribution in [0.5, 0.6) is 0 Å². The van der Waals surface area contributed by atoms with Gasteiger partial charge in [0.1, 0.15) is 5.82 Å². The number of hydrogen-bond donors (Lipinski definition) is 1. The van der Waals surface area contributed by atoms with Gasteiger partial charge in [0, 0.05) is 42.4 Å². The SMILES string of the molecule is O=C(Cc1cccnc1)Nc1cc(-n2cccn2)nc(-c2nccs2)n1. The first-order valence-corrected chi connectivity index (χ1v) is 8.63. The number of nitrogens with zero attached hydrogens (tertiary/aromatic N) is 6. The number of pyridine rings is 1. The average molecular weight is 363 g/mol. The highest BCUT2D eigenvalue weighted by Crippen LogP contribution is 2.21. The molecule has 9 heteroatoms. The molecule has 0 aliphatic carbocycles. The molecular formula is C17H13N7OS. The number of hydrogen-bond acceptors (Lipinski definition) is 7. The van der Waals surface area contributed by atoms with Gasteiger partial charge in [-0.25, -0.2) is 19.6 Å². The minimum Gasteiger partial charge on any atom is -0.310 e. The van der Waals surface area contributed by atoms with Gasteiger partial charge in [0.15, 0.2) is 16.6 Å². The zero-order valence-corrected chi connectivity index (χ0v) is 14.3. The Morgan fingerprint density at radius 2 is 2.15 bits per heavy atom. The maximum atomic E-state index is 12.3. The predicted octanol–water partition coefficient (Wildman–Crippen LogP) is 2.36. The summed E-state index contributed by atoms with van der Waals surface area (Å²) in [5.74, 6) is 1.19. The summed E-state index contributed by atoms with van der Waals surface area (Å²) in [5.41, 5.74) is 0.825. The molecule has 1 N–H and O–H groups in total. The van der Waals surface area contributed by atoms with Gasteiger partial charge in [-0.3, -0.25) is 9.78 Å². The van der Waals surface area contributed by atoms with Gasteiger partial charge in [0.05, 0.1) is 6.42 Å². The fourth-order valence-corrected chi connectivity index (χ4v) is 2.89. The largest absolute Gasteiger partial charge is 0.310 e. The lowest BCUT2D eigenvalue weighted by atomic mass is 10.2. The van der Waals surface area contributed by atoms with E-state index in [9.17, 15) is 4.79 Å². The molecule has 26 heavy (non-hydrogen) atoms. The summed E-state index contributed by atoms with van der Waals surface area (Å²) in [6.07, 6.45) is 8.66. The number of thiazole rings is 1. The van der Waals surface area contributed by atoms with E-state index in [1.54, 1.807) is 53.9 Å². The maximum Gasteiger partial charge on any atom is 0.230 e. The molecule has 0 saturated carbocycles. The van der Waals surface area contributed by atoms with Gasteiger partial charge in [0.2, 0.25) is 5.91 Å². The van der Waals surface area contributed by atoms with Crippen molar-refractivity contribution in [2.45, 2.75) is 6.42 Å². The second kappa shape index (κ2) is 7.19. The van der Waals surface area contributed by atoms with E-state index in [-0.39, 0.29) is 12.3 Å². The van der Waals surface area contributed by atoms with Crippen molar-refractivity contribution >= 4 is 23.1 Å². The minimum atomic E-state index is -0.187. The van der Waals surface area contributed by atoms with Gasteiger partial charge in [0.25, 0.3) is 0 Å². The summed E-state index contributed by atoms with van der Waals surface area (Å²) in [6, 6.07) is 7.11. The highest BCUT2D eigenvalue weighted by molar-refractivity contribution is 7.13. The van der Waals surface area contributed by atoms with Crippen molar-refractivity contribution < 1.29 is 4.79 Å². The van der Waals surface area contributed by atoms with E-state index in [1.165, 1.54) is 11.3 Å². The van der Waals surface area contributed by atoms with Crippen molar-refractivity contribution in [1.29, 1.82) is 0 Å². The molecule has 0 bridgehead atoms. The van der Waals surface area contributed by atoms with Gasteiger partial charge in [-0.1, -0.05) is 6.07 Å². The number of rotatable bonds is 5. The molecule has 4 heterocycles. The third kappa shape index (κ3) is 3.62. The van der Waals surface area contributed by atoms with E-state index in [0.29, 0.717) is 22.5 Å². The highest BCUT2D eigenvalue weighted by atomic mass is 32.1. The number of nitrogens with one attached hydrogen (secondary N) is 1. The van der Waals surface area contributed by atoms with Crippen molar-refractivity contribution in [1.82, 2.24) is 29.7 Å². The predicted molar refractivity (Wildman–Crippen MR) is 96.8 cm³/mol. The van der Waals surface area contributed by atoms with Gasteiger partial charge in [-0.05, 0) is 17.7 Å². The monoisotopic (exact) mass is 363 g/mol. The Kier molecular flexibility index (Phi) is 4.44. The second-order valence-corrected chi connectivity index (χ2v) is 6.20. The van der Waals surface area contributed by atoms with Crippen LogP contribution in [0.4, 0.5) is 5.82 Å².